The normalized spacial score (nSPS) is 12.6. The second-order valence-corrected chi connectivity index (χ2v) is 9.15. The highest BCUT2D eigenvalue weighted by atomic mass is 35.5. The van der Waals surface area contributed by atoms with Crippen molar-refractivity contribution in [2.24, 2.45) is 0 Å². The SMILES string of the molecule is Cc1ccc(F)cc1-c1cc(Cl)ncc1N(C)C(=O)C(C)(C)c1cc(C(F)(F)F)cc(C(F)(F)F)c1. The molecular weight excluding hydrogens is 513 g/mol. The first kappa shape index (κ1) is 27.4. The highest BCUT2D eigenvalue weighted by molar-refractivity contribution is 6.29. The summed E-state index contributed by atoms with van der Waals surface area (Å²) in [5.74, 6) is -1.39. The Bertz CT molecular complexity index is 1280. The van der Waals surface area contributed by atoms with Gasteiger partial charge in [0.2, 0.25) is 5.91 Å². The number of carbonyl (C=O) groups is 1. The topological polar surface area (TPSA) is 33.2 Å². The third-order valence-corrected chi connectivity index (χ3v) is 6.06. The van der Waals surface area contributed by atoms with E-state index in [1.54, 1.807) is 6.92 Å². The Kier molecular flexibility index (Phi) is 7.16. The van der Waals surface area contributed by atoms with E-state index in [4.69, 9.17) is 11.6 Å². The molecule has 0 N–H and O–H groups in total. The largest absolute Gasteiger partial charge is 0.416 e. The Balaban J connectivity index is 2.15. The maximum Gasteiger partial charge on any atom is 0.416 e. The molecule has 2 aromatic carbocycles. The third-order valence-electron chi connectivity index (χ3n) is 5.85. The lowest BCUT2D eigenvalue weighted by atomic mass is 9.81. The number of hydrogen-bond donors (Lipinski definition) is 0. The van der Waals surface area contributed by atoms with Crippen molar-refractivity contribution >= 4 is 23.2 Å². The van der Waals surface area contributed by atoms with E-state index < -0.39 is 46.2 Å². The van der Waals surface area contributed by atoms with E-state index in [0.29, 0.717) is 28.8 Å². The molecule has 0 spiro atoms. The van der Waals surface area contributed by atoms with Crippen molar-refractivity contribution in [1.82, 2.24) is 4.98 Å². The van der Waals surface area contributed by atoms with Crippen molar-refractivity contribution < 1.29 is 35.5 Å². The number of carbonyl (C=O) groups excluding carboxylic acids is 1. The van der Waals surface area contributed by atoms with Crippen molar-refractivity contribution in [2.75, 3.05) is 11.9 Å². The summed E-state index contributed by atoms with van der Waals surface area (Å²) >= 11 is 6.03. The highest BCUT2D eigenvalue weighted by Crippen LogP contribution is 2.41. The summed E-state index contributed by atoms with van der Waals surface area (Å²) in [6.45, 7) is 4.13. The highest BCUT2D eigenvalue weighted by Gasteiger charge is 2.41. The lowest BCUT2D eigenvalue weighted by Crippen LogP contribution is -2.42. The molecule has 192 valence electrons. The maximum atomic E-state index is 14.0. The number of aryl methyl sites for hydroxylation is 1. The number of halogens is 8. The van der Waals surface area contributed by atoms with Crippen LogP contribution in [0.1, 0.15) is 36.1 Å². The molecule has 3 rings (SSSR count). The minimum Gasteiger partial charge on any atom is -0.313 e. The van der Waals surface area contributed by atoms with Gasteiger partial charge < -0.3 is 4.90 Å². The molecule has 3 aromatic rings. The second-order valence-electron chi connectivity index (χ2n) is 8.77. The Morgan fingerprint density at radius 3 is 1.92 bits per heavy atom. The molecule has 0 atom stereocenters. The number of anilines is 1. The van der Waals surface area contributed by atoms with Crippen LogP contribution in [0.25, 0.3) is 11.1 Å². The molecule has 1 aromatic heterocycles. The first-order valence-corrected chi connectivity index (χ1v) is 10.8. The molecule has 0 aliphatic carbocycles. The van der Waals surface area contributed by atoms with Crippen molar-refractivity contribution in [1.29, 1.82) is 0 Å². The summed E-state index contributed by atoms with van der Waals surface area (Å²) in [4.78, 5) is 18.5. The number of hydrogen-bond acceptors (Lipinski definition) is 2. The molecule has 0 unspecified atom stereocenters. The van der Waals surface area contributed by atoms with E-state index in [-0.39, 0.29) is 16.9 Å². The van der Waals surface area contributed by atoms with Gasteiger partial charge in [0.15, 0.2) is 0 Å². The predicted octanol–water partition coefficient (Wildman–Crippen LogP) is 7.83. The number of amides is 1. The number of alkyl halides is 6. The summed E-state index contributed by atoms with van der Waals surface area (Å²) in [7, 11) is 1.30. The van der Waals surface area contributed by atoms with Crippen LogP contribution < -0.4 is 4.90 Å². The quantitative estimate of drug-likeness (QED) is 0.253. The fraction of sp³-hybridized carbons (Fsp3) is 0.280. The minimum atomic E-state index is -5.07. The molecule has 0 saturated heterocycles. The number of rotatable bonds is 4. The smallest absolute Gasteiger partial charge is 0.313 e. The Morgan fingerprint density at radius 2 is 1.39 bits per heavy atom. The molecule has 0 saturated carbocycles. The van der Waals surface area contributed by atoms with Gasteiger partial charge in [0, 0.05) is 12.6 Å². The molecule has 11 heteroatoms. The van der Waals surface area contributed by atoms with Crippen LogP contribution >= 0.6 is 11.6 Å². The van der Waals surface area contributed by atoms with Gasteiger partial charge in [-0.15, -0.1) is 0 Å². The second kappa shape index (κ2) is 9.38. The first-order chi connectivity index (χ1) is 16.4. The molecule has 0 aliphatic rings. The van der Waals surface area contributed by atoms with E-state index in [1.165, 1.54) is 51.4 Å². The lowest BCUT2D eigenvalue weighted by Gasteiger charge is -2.32. The van der Waals surface area contributed by atoms with E-state index >= 15 is 0 Å². The molecule has 0 fully saturated rings. The van der Waals surface area contributed by atoms with Crippen LogP contribution in [0.4, 0.5) is 36.4 Å². The molecule has 0 radical (unpaired) electrons. The summed E-state index contributed by atoms with van der Waals surface area (Å²) in [6.07, 6.45) is -8.91. The average molecular weight is 533 g/mol. The van der Waals surface area contributed by atoms with Gasteiger partial charge in [0.05, 0.1) is 28.4 Å². The van der Waals surface area contributed by atoms with Crippen molar-refractivity contribution in [3.8, 4) is 11.1 Å². The monoisotopic (exact) mass is 532 g/mol. The van der Waals surface area contributed by atoms with E-state index in [0.717, 1.165) is 4.90 Å². The zero-order chi connectivity index (χ0) is 27.2. The number of pyridine rings is 1. The summed E-state index contributed by atoms with van der Waals surface area (Å²) in [6, 6.07) is 6.41. The van der Waals surface area contributed by atoms with Gasteiger partial charge >= 0.3 is 12.4 Å². The van der Waals surface area contributed by atoms with Gasteiger partial charge in [-0.1, -0.05) is 17.7 Å². The van der Waals surface area contributed by atoms with Crippen LogP contribution in [-0.4, -0.2) is 17.9 Å². The van der Waals surface area contributed by atoms with Crippen LogP contribution in [0, 0.1) is 12.7 Å². The fourth-order valence-corrected chi connectivity index (χ4v) is 3.92. The molecule has 0 bridgehead atoms. The van der Waals surface area contributed by atoms with Crippen molar-refractivity contribution in [2.45, 2.75) is 38.5 Å². The molecule has 1 amide bonds. The Hall–Kier alpha value is -3.14. The van der Waals surface area contributed by atoms with Crippen LogP contribution in [0.5, 0.6) is 0 Å². The number of nitrogens with zero attached hydrogens (tertiary/aromatic N) is 2. The number of aromatic nitrogens is 1. The average Bonchev–Trinajstić information content (AvgIpc) is 2.78. The lowest BCUT2D eigenvalue weighted by molar-refractivity contribution is -0.143. The molecular formula is C25H20ClF7N2O. The van der Waals surface area contributed by atoms with Crippen LogP contribution in [0.3, 0.4) is 0 Å². The zero-order valence-electron chi connectivity index (χ0n) is 19.4. The van der Waals surface area contributed by atoms with Gasteiger partial charge in [-0.2, -0.15) is 26.3 Å². The summed E-state index contributed by atoms with van der Waals surface area (Å²) in [5.41, 5.74) is -3.91. The zero-order valence-corrected chi connectivity index (χ0v) is 20.2. The molecule has 3 nitrogen and oxygen atoms in total. The first-order valence-electron chi connectivity index (χ1n) is 10.4. The van der Waals surface area contributed by atoms with Gasteiger partial charge in [-0.05, 0) is 73.9 Å². The van der Waals surface area contributed by atoms with Crippen molar-refractivity contribution in [3.05, 3.63) is 81.9 Å². The number of likely N-dealkylation sites (N-methyl/N-ethyl adjacent to an activating group) is 1. The van der Waals surface area contributed by atoms with Gasteiger partial charge in [0.1, 0.15) is 11.0 Å². The molecule has 1 heterocycles. The third kappa shape index (κ3) is 5.48. The van der Waals surface area contributed by atoms with Crippen molar-refractivity contribution in [3.63, 3.8) is 0 Å². The van der Waals surface area contributed by atoms with Gasteiger partial charge in [-0.25, -0.2) is 9.37 Å². The van der Waals surface area contributed by atoms with Crippen LogP contribution in [0.15, 0.2) is 48.7 Å². The number of benzene rings is 2. The van der Waals surface area contributed by atoms with Crippen LogP contribution in [-0.2, 0) is 22.6 Å². The van der Waals surface area contributed by atoms with Gasteiger partial charge in [-0.3, -0.25) is 4.79 Å². The molecule has 36 heavy (non-hydrogen) atoms. The molecule has 0 aliphatic heterocycles. The minimum absolute atomic E-state index is 0.00170. The van der Waals surface area contributed by atoms with E-state index in [9.17, 15) is 35.5 Å². The standard InChI is InChI=1S/C25H20ClF7N2O/c1-13-5-6-17(27)10-18(13)19-11-21(26)34-12-20(19)35(4)22(36)23(2,3)14-7-15(24(28,29)30)9-16(8-14)25(31,32)33/h5-12H,1-4H3. The Morgan fingerprint density at radius 1 is 0.861 bits per heavy atom. The fourth-order valence-electron chi connectivity index (χ4n) is 3.76. The van der Waals surface area contributed by atoms with Crippen LogP contribution in [0.2, 0.25) is 5.15 Å². The maximum absolute atomic E-state index is 14.0. The Labute approximate surface area is 207 Å². The van der Waals surface area contributed by atoms with E-state index in [1.807, 2.05) is 0 Å². The summed E-state index contributed by atoms with van der Waals surface area (Å²) < 4.78 is 94.3. The summed E-state index contributed by atoms with van der Waals surface area (Å²) in [5, 5.41) is 0.0326. The van der Waals surface area contributed by atoms with E-state index in [2.05, 4.69) is 4.98 Å². The predicted molar refractivity (Wildman–Crippen MR) is 122 cm³/mol. The van der Waals surface area contributed by atoms with Gasteiger partial charge in [0.25, 0.3) is 0 Å².